The summed E-state index contributed by atoms with van der Waals surface area (Å²) >= 11 is 0. The van der Waals surface area contributed by atoms with E-state index in [1.54, 1.807) is 85.3 Å². The molecule has 2 fully saturated rings. The van der Waals surface area contributed by atoms with Gasteiger partial charge in [-0.2, -0.15) is 0 Å². The molecular formula is C30H58O16. The monoisotopic (exact) mass is 674 g/mol. The van der Waals surface area contributed by atoms with E-state index in [4.69, 9.17) is 75.8 Å². The lowest BCUT2D eigenvalue weighted by Crippen LogP contribution is -2.63. The van der Waals surface area contributed by atoms with Crippen molar-refractivity contribution in [2.75, 3.05) is 112 Å². The zero-order chi connectivity index (χ0) is 34.2. The summed E-state index contributed by atoms with van der Waals surface area (Å²) in [5.41, 5.74) is 0. The minimum Gasteiger partial charge on any atom is -0.382 e. The Balaban J connectivity index is 2.26. The molecule has 0 aromatic heterocycles. The molecule has 2 rings (SSSR count). The fourth-order valence-corrected chi connectivity index (χ4v) is 6.19. The van der Waals surface area contributed by atoms with Crippen LogP contribution in [0.4, 0.5) is 0 Å². The standard InChI is InChI=1S/C30H58O16/c1-31-13-17(33-3)21(35-5)22(36-6)18(34-4)15-43-29-28(42-12)26(40-10)24(38-8)20(46-29)16-44-30-27(41-11)25(39-9)23(37-7)19(45-30)14-32-2/h17-30H,13-16H2,1-12H3/t17?,18?,19?,20-,21?,22?,23?,24+,25?,26+,27?,28-,29+,30?/m1/s1. The molecule has 14 atom stereocenters. The van der Waals surface area contributed by atoms with E-state index in [-0.39, 0.29) is 26.4 Å². The third-order valence-electron chi connectivity index (χ3n) is 8.53. The Morgan fingerprint density at radius 1 is 0.413 bits per heavy atom. The highest BCUT2D eigenvalue weighted by Crippen LogP contribution is 2.32. The predicted octanol–water partition coefficient (Wildman–Crippen LogP) is -0.0878. The molecule has 274 valence electrons. The van der Waals surface area contributed by atoms with Gasteiger partial charge in [-0.25, -0.2) is 0 Å². The van der Waals surface area contributed by atoms with Crippen LogP contribution >= 0.6 is 0 Å². The molecule has 46 heavy (non-hydrogen) atoms. The van der Waals surface area contributed by atoms with Crippen molar-refractivity contribution < 1.29 is 75.8 Å². The van der Waals surface area contributed by atoms with Crippen molar-refractivity contribution in [2.24, 2.45) is 0 Å². The lowest BCUT2D eigenvalue weighted by molar-refractivity contribution is -0.343. The van der Waals surface area contributed by atoms with Gasteiger partial charge < -0.3 is 75.8 Å². The summed E-state index contributed by atoms with van der Waals surface area (Å²) in [6.07, 6.45) is -8.36. The lowest BCUT2D eigenvalue weighted by Gasteiger charge is -2.47. The quantitative estimate of drug-likeness (QED) is 0.142. The van der Waals surface area contributed by atoms with Crippen LogP contribution in [0.1, 0.15) is 0 Å². The van der Waals surface area contributed by atoms with Gasteiger partial charge in [0.05, 0.1) is 26.4 Å². The fraction of sp³-hybridized carbons (Fsp3) is 1.00. The number of hydrogen-bond acceptors (Lipinski definition) is 16. The fourth-order valence-electron chi connectivity index (χ4n) is 6.19. The normalized spacial score (nSPS) is 34.7. The summed E-state index contributed by atoms with van der Waals surface area (Å²) in [5.74, 6) is 0. The molecule has 0 N–H and O–H groups in total. The summed E-state index contributed by atoms with van der Waals surface area (Å²) in [6, 6.07) is 0. The largest absolute Gasteiger partial charge is 0.382 e. The molecule has 0 spiro atoms. The summed E-state index contributed by atoms with van der Waals surface area (Å²) in [7, 11) is 18.9. The Hall–Kier alpha value is -0.640. The van der Waals surface area contributed by atoms with Crippen molar-refractivity contribution >= 4 is 0 Å². The molecule has 0 bridgehead atoms. The number of rotatable bonds is 23. The second-order valence-electron chi connectivity index (χ2n) is 10.8. The molecule has 16 nitrogen and oxygen atoms in total. The average Bonchev–Trinajstić information content (AvgIpc) is 3.08. The van der Waals surface area contributed by atoms with Gasteiger partial charge in [-0.05, 0) is 0 Å². The Bertz CT molecular complexity index is 781. The third-order valence-corrected chi connectivity index (χ3v) is 8.53. The van der Waals surface area contributed by atoms with E-state index in [0.717, 1.165) is 0 Å². The maximum Gasteiger partial charge on any atom is 0.187 e. The summed E-state index contributed by atoms with van der Waals surface area (Å²) in [6.45, 7) is 0.627. The number of methoxy groups -OCH3 is 12. The third kappa shape index (κ3) is 10.2. The Morgan fingerprint density at radius 2 is 0.826 bits per heavy atom. The molecule has 2 aliphatic heterocycles. The molecule has 16 heteroatoms. The van der Waals surface area contributed by atoms with E-state index >= 15 is 0 Å². The van der Waals surface area contributed by atoms with Gasteiger partial charge in [0.2, 0.25) is 0 Å². The van der Waals surface area contributed by atoms with Gasteiger partial charge in [-0.15, -0.1) is 0 Å². The molecule has 0 aromatic rings. The molecule has 0 saturated carbocycles. The first-order valence-electron chi connectivity index (χ1n) is 15.1. The zero-order valence-corrected chi connectivity index (χ0v) is 29.4. The van der Waals surface area contributed by atoms with Gasteiger partial charge in [0.15, 0.2) is 12.6 Å². The lowest BCUT2D eigenvalue weighted by atomic mass is 9.97. The van der Waals surface area contributed by atoms with Crippen molar-refractivity contribution in [1.29, 1.82) is 0 Å². The molecule has 2 saturated heterocycles. The van der Waals surface area contributed by atoms with Crippen LogP contribution in [0.5, 0.6) is 0 Å². The first-order valence-corrected chi connectivity index (χ1v) is 15.1. The maximum atomic E-state index is 6.43. The minimum atomic E-state index is -0.903. The first-order chi connectivity index (χ1) is 22.3. The van der Waals surface area contributed by atoms with Gasteiger partial charge >= 0.3 is 0 Å². The number of ether oxygens (including phenoxy) is 16. The predicted molar refractivity (Wildman–Crippen MR) is 161 cm³/mol. The summed E-state index contributed by atoms with van der Waals surface area (Å²) < 4.78 is 93.6. The zero-order valence-electron chi connectivity index (χ0n) is 29.4. The Kier molecular flexibility index (Phi) is 20.0. The van der Waals surface area contributed by atoms with Crippen molar-refractivity contribution in [3.05, 3.63) is 0 Å². The van der Waals surface area contributed by atoms with Crippen LogP contribution in [0.3, 0.4) is 0 Å². The molecule has 0 radical (unpaired) electrons. The molecule has 2 aliphatic rings. The first kappa shape index (κ1) is 41.5. The van der Waals surface area contributed by atoms with Crippen molar-refractivity contribution in [1.82, 2.24) is 0 Å². The Labute approximate surface area is 273 Å². The van der Waals surface area contributed by atoms with Crippen LogP contribution < -0.4 is 0 Å². The highest BCUT2D eigenvalue weighted by molar-refractivity contribution is 4.95. The van der Waals surface area contributed by atoms with Crippen molar-refractivity contribution in [3.8, 4) is 0 Å². The van der Waals surface area contributed by atoms with Gasteiger partial charge in [0.1, 0.15) is 73.2 Å². The van der Waals surface area contributed by atoms with Crippen LogP contribution in [0, 0.1) is 0 Å². The van der Waals surface area contributed by atoms with E-state index in [9.17, 15) is 0 Å². The van der Waals surface area contributed by atoms with Gasteiger partial charge in [0, 0.05) is 85.3 Å². The highest BCUT2D eigenvalue weighted by atomic mass is 16.8. The highest BCUT2D eigenvalue weighted by Gasteiger charge is 2.51. The van der Waals surface area contributed by atoms with Crippen LogP contribution in [-0.2, 0) is 75.8 Å². The van der Waals surface area contributed by atoms with Crippen molar-refractivity contribution in [3.63, 3.8) is 0 Å². The summed E-state index contributed by atoms with van der Waals surface area (Å²) in [4.78, 5) is 0. The molecule has 0 aliphatic carbocycles. The van der Waals surface area contributed by atoms with E-state index in [1.807, 2.05) is 0 Å². The SMILES string of the molecule is COCC(OC)C(OC)C(OC)C(CO[C@H]1O[C@H](COC2OC(COC)C(OC)C(OC)C2OC)[C@H](OC)[C@H](OC)[C@H]1OC)OC. The van der Waals surface area contributed by atoms with E-state index in [1.165, 1.54) is 0 Å². The van der Waals surface area contributed by atoms with E-state index < -0.39 is 85.8 Å². The van der Waals surface area contributed by atoms with Crippen LogP contribution in [0.2, 0.25) is 0 Å². The molecule has 0 aromatic carbocycles. The molecule has 0 amide bonds. The van der Waals surface area contributed by atoms with Crippen molar-refractivity contribution in [2.45, 2.75) is 85.8 Å². The Morgan fingerprint density at radius 3 is 1.20 bits per heavy atom. The van der Waals surface area contributed by atoms with Crippen LogP contribution in [-0.4, -0.2) is 198 Å². The topological polar surface area (TPSA) is 148 Å². The van der Waals surface area contributed by atoms with E-state index in [0.29, 0.717) is 0 Å². The molecular weight excluding hydrogens is 616 g/mol. The van der Waals surface area contributed by atoms with Gasteiger partial charge in [-0.3, -0.25) is 0 Å². The van der Waals surface area contributed by atoms with Crippen LogP contribution in [0.15, 0.2) is 0 Å². The van der Waals surface area contributed by atoms with Crippen LogP contribution in [0.25, 0.3) is 0 Å². The minimum absolute atomic E-state index is 0.0274. The molecule has 9 unspecified atom stereocenters. The average molecular weight is 675 g/mol. The van der Waals surface area contributed by atoms with E-state index in [2.05, 4.69) is 0 Å². The van der Waals surface area contributed by atoms with Gasteiger partial charge in [0.25, 0.3) is 0 Å². The molecule has 2 heterocycles. The maximum absolute atomic E-state index is 6.43. The number of hydrogen-bond donors (Lipinski definition) is 0. The van der Waals surface area contributed by atoms with Gasteiger partial charge in [-0.1, -0.05) is 0 Å². The summed E-state index contributed by atoms with van der Waals surface area (Å²) in [5, 5.41) is 0. The second kappa shape index (κ2) is 22.2. The second-order valence-corrected chi connectivity index (χ2v) is 10.8. The smallest absolute Gasteiger partial charge is 0.187 e.